The number of rotatable bonds is 7. The minimum absolute atomic E-state index is 0.185. The van der Waals surface area contributed by atoms with Crippen molar-refractivity contribution < 1.29 is 19.1 Å². The van der Waals surface area contributed by atoms with E-state index in [1.54, 1.807) is 37.3 Å². The van der Waals surface area contributed by atoms with Gasteiger partial charge in [0.15, 0.2) is 0 Å². The second kappa shape index (κ2) is 9.54. The van der Waals surface area contributed by atoms with Gasteiger partial charge in [-0.15, -0.1) is 0 Å². The molecule has 0 spiro atoms. The summed E-state index contributed by atoms with van der Waals surface area (Å²) in [6.07, 6.45) is 1.22. The van der Waals surface area contributed by atoms with Crippen LogP contribution in [-0.4, -0.2) is 24.4 Å². The maximum atomic E-state index is 12.4. The fourth-order valence-electron chi connectivity index (χ4n) is 2.20. The van der Waals surface area contributed by atoms with Gasteiger partial charge in [0.05, 0.1) is 17.9 Å². The Labute approximate surface area is 161 Å². The lowest BCUT2D eigenvalue weighted by Crippen LogP contribution is -2.17. The minimum Gasteiger partial charge on any atom is -0.462 e. The van der Waals surface area contributed by atoms with Crippen molar-refractivity contribution in [1.82, 2.24) is 0 Å². The number of para-hydroxylation sites is 1. The monoisotopic (exact) mass is 378 g/mol. The molecule has 8 nitrogen and oxygen atoms in total. The second-order valence-electron chi connectivity index (χ2n) is 5.48. The van der Waals surface area contributed by atoms with Crippen LogP contribution in [0.3, 0.4) is 0 Å². The lowest BCUT2D eigenvalue weighted by atomic mass is 10.1. The van der Waals surface area contributed by atoms with Gasteiger partial charge in [-0.3, -0.25) is 9.59 Å². The normalized spacial score (nSPS) is 10.5. The maximum Gasteiger partial charge on any atom is 0.340 e. The van der Waals surface area contributed by atoms with Crippen LogP contribution in [0.25, 0.3) is 0 Å². The Morgan fingerprint density at radius 2 is 1.82 bits per heavy atom. The second-order valence-corrected chi connectivity index (χ2v) is 5.48. The highest BCUT2D eigenvalue weighted by Crippen LogP contribution is 2.17. The first-order valence-corrected chi connectivity index (χ1v) is 8.30. The van der Waals surface area contributed by atoms with Crippen LogP contribution in [0.5, 0.6) is 0 Å². The maximum absolute atomic E-state index is 12.4. The summed E-state index contributed by atoms with van der Waals surface area (Å²) in [5.74, 6) is -1.83. The van der Waals surface area contributed by atoms with Crippen LogP contribution in [0.4, 0.5) is 11.4 Å². The van der Waals surface area contributed by atoms with Crippen molar-refractivity contribution in [3.63, 3.8) is 0 Å². The SMILES string of the molecule is CCOC(=O)c1ccccc1NC(=O)/C(C#N)=C\Nc1ccc(C(N)=O)cc1. The number of nitriles is 1. The molecule has 0 radical (unpaired) electrons. The summed E-state index contributed by atoms with van der Waals surface area (Å²) in [5.41, 5.74) is 6.27. The lowest BCUT2D eigenvalue weighted by molar-refractivity contribution is -0.112. The van der Waals surface area contributed by atoms with Crippen molar-refractivity contribution in [2.45, 2.75) is 6.92 Å². The summed E-state index contributed by atoms with van der Waals surface area (Å²) in [6.45, 7) is 1.88. The molecule has 0 aliphatic carbocycles. The molecule has 4 N–H and O–H groups in total. The van der Waals surface area contributed by atoms with Crippen LogP contribution >= 0.6 is 0 Å². The van der Waals surface area contributed by atoms with Crippen molar-refractivity contribution in [2.75, 3.05) is 17.2 Å². The molecule has 0 aromatic heterocycles. The van der Waals surface area contributed by atoms with Crippen LogP contribution in [0.2, 0.25) is 0 Å². The molecule has 2 aromatic carbocycles. The number of nitrogens with zero attached hydrogens (tertiary/aromatic N) is 1. The van der Waals surface area contributed by atoms with Gasteiger partial charge >= 0.3 is 5.97 Å². The highest BCUT2D eigenvalue weighted by Gasteiger charge is 2.16. The van der Waals surface area contributed by atoms with Gasteiger partial charge in [-0.2, -0.15) is 5.26 Å². The van der Waals surface area contributed by atoms with Gasteiger partial charge < -0.3 is 21.1 Å². The van der Waals surface area contributed by atoms with E-state index in [1.807, 2.05) is 0 Å². The molecule has 28 heavy (non-hydrogen) atoms. The Morgan fingerprint density at radius 1 is 1.14 bits per heavy atom. The molecule has 0 fully saturated rings. The third-order valence-electron chi connectivity index (χ3n) is 3.59. The van der Waals surface area contributed by atoms with Gasteiger partial charge in [0.1, 0.15) is 11.6 Å². The van der Waals surface area contributed by atoms with E-state index >= 15 is 0 Å². The predicted octanol–water partition coefficient (Wildman–Crippen LogP) is 2.42. The number of hydrogen-bond donors (Lipinski definition) is 3. The molecule has 0 saturated heterocycles. The molecule has 2 amide bonds. The number of benzene rings is 2. The standard InChI is InChI=1S/C20H18N4O4/c1-2-28-20(27)16-5-3-4-6-17(16)24-19(26)14(11-21)12-23-15-9-7-13(8-10-15)18(22)25/h3-10,12,23H,2H2,1H3,(H2,22,25)(H,24,26)/b14-12-. The molecule has 0 aliphatic rings. The average Bonchev–Trinajstić information content (AvgIpc) is 2.69. The Morgan fingerprint density at radius 3 is 2.43 bits per heavy atom. The summed E-state index contributed by atoms with van der Waals surface area (Å²) in [4.78, 5) is 35.4. The number of primary amides is 1. The zero-order valence-electron chi connectivity index (χ0n) is 15.1. The first kappa shape index (κ1) is 20.2. The van der Waals surface area contributed by atoms with E-state index in [4.69, 9.17) is 10.5 Å². The molecular weight excluding hydrogens is 360 g/mol. The fourth-order valence-corrected chi connectivity index (χ4v) is 2.20. The molecule has 0 heterocycles. The highest BCUT2D eigenvalue weighted by atomic mass is 16.5. The number of amides is 2. The van der Waals surface area contributed by atoms with Crippen molar-refractivity contribution in [2.24, 2.45) is 5.73 Å². The summed E-state index contributed by atoms with van der Waals surface area (Å²) in [7, 11) is 0. The summed E-state index contributed by atoms with van der Waals surface area (Å²) in [6, 6.07) is 14.3. The molecule has 142 valence electrons. The van der Waals surface area contributed by atoms with Crippen molar-refractivity contribution >= 4 is 29.2 Å². The molecule has 8 heteroatoms. The summed E-state index contributed by atoms with van der Waals surface area (Å²) < 4.78 is 4.95. The first-order valence-electron chi connectivity index (χ1n) is 8.30. The van der Waals surface area contributed by atoms with E-state index < -0.39 is 17.8 Å². The molecule has 0 saturated carbocycles. The Hall–Kier alpha value is -4.12. The van der Waals surface area contributed by atoms with Gasteiger partial charge in [0, 0.05) is 17.5 Å². The third kappa shape index (κ3) is 5.19. The number of carbonyl (C=O) groups excluding carboxylic acids is 3. The van der Waals surface area contributed by atoms with Gasteiger partial charge in [-0.1, -0.05) is 12.1 Å². The number of ether oxygens (including phenoxy) is 1. The summed E-state index contributed by atoms with van der Waals surface area (Å²) >= 11 is 0. The quantitative estimate of drug-likeness (QED) is 0.385. The lowest BCUT2D eigenvalue weighted by Gasteiger charge is -2.10. The highest BCUT2D eigenvalue weighted by molar-refractivity contribution is 6.09. The topological polar surface area (TPSA) is 134 Å². The number of anilines is 2. The molecule has 0 aliphatic heterocycles. The Bertz CT molecular complexity index is 959. The van der Waals surface area contributed by atoms with Crippen LogP contribution in [0.15, 0.2) is 60.3 Å². The zero-order chi connectivity index (χ0) is 20.5. The van der Waals surface area contributed by atoms with E-state index in [2.05, 4.69) is 10.6 Å². The fraction of sp³-hybridized carbons (Fsp3) is 0.100. The zero-order valence-corrected chi connectivity index (χ0v) is 15.1. The smallest absolute Gasteiger partial charge is 0.340 e. The first-order chi connectivity index (χ1) is 13.5. The van der Waals surface area contributed by atoms with Crippen molar-refractivity contribution in [3.8, 4) is 6.07 Å². The van der Waals surface area contributed by atoms with Gasteiger partial charge in [-0.25, -0.2) is 4.79 Å². The third-order valence-corrected chi connectivity index (χ3v) is 3.59. The van der Waals surface area contributed by atoms with Crippen LogP contribution in [-0.2, 0) is 9.53 Å². The van der Waals surface area contributed by atoms with Crippen molar-refractivity contribution in [3.05, 3.63) is 71.4 Å². The molecule has 2 aromatic rings. The number of carbonyl (C=O) groups is 3. The van der Waals surface area contributed by atoms with E-state index in [0.717, 1.165) is 0 Å². The summed E-state index contributed by atoms with van der Waals surface area (Å²) in [5, 5.41) is 14.6. The van der Waals surface area contributed by atoms with Crippen LogP contribution in [0.1, 0.15) is 27.6 Å². The average molecular weight is 378 g/mol. The molecule has 0 bridgehead atoms. The van der Waals surface area contributed by atoms with Gasteiger partial charge in [0.2, 0.25) is 5.91 Å². The van der Waals surface area contributed by atoms with Crippen molar-refractivity contribution in [1.29, 1.82) is 5.26 Å². The molecule has 2 rings (SSSR count). The van der Waals surface area contributed by atoms with E-state index in [-0.39, 0.29) is 23.4 Å². The Balaban J connectivity index is 2.14. The van der Waals surface area contributed by atoms with E-state index in [1.165, 1.54) is 30.5 Å². The van der Waals surface area contributed by atoms with Gasteiger partial charge in [0.25, 0.3) is 5.91 Å². The number of nitrogens with one attached hydrogen (secondary N) is 2. The largest absolute Gasteiger partial charge is 0.462 e. The molecule has 0 atom stereocenters. The number of nitrogens with two attached hydrogens (primary N) is 1. The molecular formula is C20H18N4O4. The number of esters is 1. The van der Waals surface area contributed by atoms with Crippen LogP contribution in [0, 0.1) is 11.3 Å². The predicted molar refractivity (Wildman–Crippen MR) is 103 cm³/mol. The van der Waals surface area contributed by atoms with Crippen LogP contribution < -0.4 is 16.4 Å². The van der Waals surface area contributed by atoms with E-state index in [0.29, 0.717) is 11.3 Å². The minimum atomic E-state index is -0.694. The van der Waals surface area contributed by atoms with E-state index in [9.17, 15) is 19.6 Å². The van der Waals surface area contributed by atoms with Gasteiger partial charge in [-0.05, 0) is 43.3 Å². The number of hydrogen-bond acceptors (Lipinski definition) is 6. The molecule has 0 unspecified atom stereocenters. The Kier molecular flexibility index (Phi) is 6.88.